The first kappa shape index (κ1) is 12.5. The van der Waals surface area contributed by atoms with Crippen LogP contribution in [0.4, 0.5) is 5.69 Å². The second-order valence-corrected chi connectivity index (χ2v) is 4.88. The molecule has 0 saturated heterocycles. The molecule has 20 heavy (non-hydrogen) atoms. The van der Waals surface area contributed by atoms with Gasteiger partial charge in [0.15, 0.2) is 0 Å². The molecule has 0 spiro atoms. The van der Waals surface area contributed by atoms with E-state index in [1.807, 2.05) is 12.1 Å². The van der Waals surface area contributed by atoms with E-state index in [9.17, 15) is 4.79 Å². The molecule has 0 radical (unpaired) electrons. The average molecular weight is 281 g/mol. The Morgan fingerprint density at radius 3 is 2.85 bits per heavy atom. The van der Waals surface area contributed by atoms with E-state index in [0.29, 0.717) is 21.8 Å². The smallest absolute Gasteiger partial charge is 0.256 e. The SMILES string of the molecule is N#Cc1cccc(/C=C2/C(=O)Nc3cc(Cl)ccc32)c1. The van der Waals surface area contributed by atoms with Gasteiger partial charge in [-0.15, -0.1) is 0 Å². The number of fused-ring (bicyclic) bond motifs is 1. The number of hydrogen-bond acceptors (Lipinski definition) is 2. The van der Waals surface area contributed by atoms with E-state index in [2.05, 4.69) is 11.4 Å². The molecule has 2 aromatic carbocycles. The number of rotatable bonds is 1. The first-order valence-corrected chi connectivity index (χ1v) is 6.38. The summed E-state index contributed by atoms with van der Waals surface area (Å²) >= 11 is 5.91. The molecule has 1 N–H and O–H groups in total. The van der Waals surface area contributed by atoms with Gasteiger partial charge >= 0.3 is 0 Å². The summed E-state index contributed by atoms with van der Waals surface area (Å²) in [6.45, 7) is 0. The van der Waals surface area contributed by atoms with Crippen LogP contribution in [0.1, 0.15) is 16.7 Å². The molecule has 0 fully saturated rings. The van der Waals surface area contributed by atoms with E-state index in [1.165, 1.54) is 0 Å². The van der Waals surface area contributed by atoms with E-state index >= 15 is 0 Å². The van der Waals surface area contributed by atoms with Gasteiger partial charge in [0.1, 0.15) is 0 Å². The number of nitrogens with one attached hydrogen (secondary N) is 1. The fraction of sp³-hybridized carbons (Fsp3) is 0. The molecule has 1 heterocycles. The topological polar surface area (TPSA) is 52.9 Å². The Labute approximate surface area is 121 Å². The lowest BCUT2D eigenvalue weighted by Crippen LogP contribution is -2.03. The molecular formula is C16H9ClN2O. The molecule has 0 atom stereocenters. The Hall–Kier alpha value is -2.57. The van der Waals surface area contributed by atoms with Crippen molar-refractivity contribution in [1.82, 2.24) is 0 Å². The normalized spacial score (nSPS) is 14.8. The summed E-state index contributed by atoms with van der Waals surface area (Å²) in [6.07, 6.45) is 1.77. The number of anilines is 1. The number of benzene rings is 2. The summed E-state index contributed by atoms with van der Waals surface area (Å²) in [7, 11) is 0. The zero-order valence-corrected chi connectivity index (χ0v) is 11.1. The van der Waals surface area contributed by atoms with Crippen molar-refractivity contribution >= 4 is 34.8 Å². The highest BCUT2D eigenvalue weighted by molar-refractivity contribution is 6.36. The fourth-order valence-corrected chi connectivity index (χ4v) is 2.35. The number of nitrogens with zero attached hydrogens (tertiary/aromatic N) is 1. The molecule has 0 bridgehead atoms. The van der Waals surface area contributed by atoms with Crippen molar-refractivity contribution in [2.75, 3.05) is 5.32 Å². The molecule has 3 nitrogen and oxygen atoms in total. The second-order valence-electron chi connectivity index (χ2n) is 4.44. The second kappa shape index (κ2) is 4.84. The van der Waals surface area contributed by atoms with Crippen LogP contribution in [0.2, 0.25) is 5.02 Å². The Bertz CT molecular complexity index is 787. The first-order chi connectivity index (χ1) is 9.67. The van der Waals surface area contributed by atoms with Gasteiger partial charge in [-0.3, -0.25) is 4.79 Å². The van der Waals surface area contributed by atoms with E-state index in [0.717, 1.165) is 11.1 Å². The number of amides is 1. The van der Waals surface area contributed by atoms with Crippen LogP contribution in [0.15, 0.2) is 42.5 Å². The van der Waals surface area contributed by atoms with Crippen LogP contribution in [-0.4, -0.2) is 5.91 Å². The van der Waals surface area contributed by atoms with Crippen LogP contribution in [0, 0.1) is 11.3 Å². The van der Waals surface area contributed by atoms with Gasteiger partial charge in [-0.1, -0.05) is 29.8 Å². The van der Waals surface area contributed by atoms with Crippen LogP contribution in [-0.2, 0) is 4.79 Å². The highest BCUT2D eigenvalue weighted by Gasteiger charge is 2.23. The van der Waals surface area contributed by atoms with Crippen LogP contribution in [0.25, 0.3) is 11.6 Å². The maximum Gasteiger partial charge on any atom is 0.256 e. The Kier molecular flexibility index (Phi) is 3.02. The van der Waals surface area contributed by atoms with E-state index < -0.39 is 0 Å². The summed E-state index contributed by atoms with van der Waals surface area (Å²) in [5, 5.41) is 12.3. The highest BCUT2D eigenvalue weighted by atomic mass is 35.5. The summed E-state index contributed by atoms with van der Waals surface area (Å²) < 4.78 is 0. The molecule has 0 aromatic heterocycles. The zero-order chi connectivity index (χ0) is 14.1. The number of nitriles is 1. The lowest BCUT2D eigenvalue weighted by molar-refractivity contribution is -0.110. The van der Waals surface area contributed by atoms with Gasteiger partial charge in [-0.05, 0) is 35.9 Å². The monoisotopic (exact) mass is 280 g/mol. The van der Waals surface area contributed by atoms with E-state index in [1.54, 1.807) is 36.4 Å². The number of carbonyl (C=O) groups excluding carboxylic acids is 1. The maximum absolute atomic E-state index is 12.0. The molecule has 1 amide bonds. The van der Waals surface area contributed by atoms with Gasteiger partial charge in [-0.2, -0.15) is 5.26 Å². The van der Waals surface area contributed by atoms with E-state index in [4.69, 9.17) is 16.9 Å². The van der Waals surface area contributed by atoms with Crippen LogP contribution >= 0.6 is 11.6 Å². The first-order valence-electron chi connectivity index (χ1n) is 6.00. The molecule has 0 saturated carbocycles. The third-order valence-corrected chi connectivity index (χ3v) is 3.33. The summed E-state index contributed by atoms with van der Waals surface area (Å²) in [5.41, 5.74) is 3.49. The average Bonchev–Trinajstić information content (AvgIpc) is 2.74. The number of carbonyl (C=O) groups is 1. The van der Waals surface area contributed by atoms with Gasteiger partial charge in [-0.25, -0.2) is 0 Å². The van der Waals surface area contributed by atoms with Crippen molar-refractivity contribution in [2.45, 2.75) is 0 Å². The third kappa shape index (κ3) is 2.18. The van der Waals surface area contributed by atoms with Gasteiger partial charge in [0.2, 0.25) is 0 Å². The van der Waals surface area contributed by atoms with Gasteiger partial charge in [0, 0.05) is 16.2 Å². The van der Waals surface area contributed by atoms with Crippen molar-refractivity contribution in [3.8, 4) is 6.07 Å². The maximum atomic E-state index is 12.0. The van der Waals surface area contributed by atoms with Crippen LogP contribution < -0.4 is 5.32 Å². The third-order valence-electron chi connectivity index (χ3n) is 3.09. The zero-order valence-electron chi connectivity index (χ0n) is 10.4. The minimum absolute atomic E-state index is 0.162. The van der Waals surface area contributed by atoms with Crippen molar-refractivity contribution in [2.24, 2.45) is 0 Å². The Balaban J connectivity index is 2.09. The summed E-state index contributed by atoms with van der Waals surface area (Å²) in [6, 6.07) is 14.5. The van der Waals surface area contributed by atoms with Gasteiger partial charge in [0.25, 0.3) is 5.91 Å². The van der Waals surface area contributed by atoms with Gasteiger partial charge in [0.05, 0.1) is 17.3 Å². The molecule has 3 rings (SSSR count). The van der Waals surface area contributed by atoms with Crippen molar-refractivity contribution < 1.29 is 4.79 Å². The summed E-state index contributed by atoms with van der Waals surface area (Å²) in [5.74, 6) is -0.162. The van der Waals surface area contributed by atoms with Crippen molar-refractivity contribution in [3.05, 3.63) is 64.2 Å². The van der Waals surface area contributed by atoms with Gasteiger partial charge < -0.3 is 5.32 Å². The standard InChI is InChI=1S/C16H9ClN2O/c17-12-4-5-13-14(16(20)19-15(13)8-12)7-10-2-1-3-11(6-10)9-18/h1-8H,(H,19,20)/b14-7+. The molecule has 2 aromatic rings. The lowest BCUT2D eigenvalue weighted by Gasteiger charge is -1.99. The molecule has 4 heteroatoms. The molecule has 96 valence electrons. The van der Waals surface area contributed by atoms with Crippen LogP contribution in [0.3, 0.4) is 0 Å². The molecular weight excluding hydrogens is 272 g/mol. The minimum Gasteiger partial charge on any atom is -0.321 e. The largest absolute Gasteiger partial charge is 0.321 e. The predicted molar refractivity (Wildman–Crippen MR) is 79.1 cm³/mol. The Morgan fingerprint density at radius 1 is 1.20 bits per heavy atom. The number of halogens is 1. The lowest BCUT2D eigenvalue weighted by atomic mass is 10.0. The highest BCUT2D eigenvalue weighted by Crippen LogP contribution is 2.34. The molecule has 1 aliphatic heterocycles. The van der Waals surface area contributed by atoms with Crippen molar-refractivity contribution in [1.29, 1.82) is 5.26 Å². The molecule has 0 aliphatic carbocycles. The van der Waals surface area contributed by atoms with Crippen molar-refractivity contribution in [3.63, 3.8) is 0 Å². The fourth-order valence-electron chi connectivity index (χ4n) is 2.17. The minimum atomic E-state index is -0.162. The quantitative estimate of drug-likeness (QED) is 0.810. The van der Waals surface area contributed by atoms with Crippen LogP contribution in [0.5, 0.6) is 0 Å². The molecule has 0 unspecified atom stereocenters. The molecule has 1 aliphatic rings. The summed E-state index contributed by atoms with van der Waals surface area (Å²) in [4.78, 5) is 12.0. The predicted octanol–water partition coefficient (Wildman–Crippen LogP) is 3.70. The number of hydrogen-bond donors (Lipinski definition) is 1. The van der Waals surface area contributed by atoms with E-state index in [-0.39, 0.29) is 5.91 Å². The Morgan fingerprint density at radius 2 is 2.05 bits per heavy atom.